The van der Waals surface area contributed by atoms with E-state index in [-0.39, 0.29) is 18.2 Å². The van der Waals surface area contributed by atoms with E-state index in [1.54, 1.807) is 18.2 Å². The Morgan fingerprint density at radius 2 is 1.92 bits per heavy atom. The average Bonchev–Trinajstić information content (AvgIpc) is 3.09. The molecule has 0 amide bonds. The van der Waals surface area contributed by atoms with Crippen molar-refractivity contribution in [3.63, 3.8) is 0 Å². The van der Waals surface area contributed by atoms with Crippen LogP contribution in [-0.2, 0) is 9.53 Å². The molecule has 5 nitrogen and oxygen atoms in total. The summed E-state index contributed by atoms with van der Waals surface area (Å²) in [6.07, 6.45) is 0.646. The number of benzene rings is 2. The molecule has 0 bridgehead atoms. The second-order valence-electron chi connectivity index (χ2n) is 5.82. The van der Waals surface area contributed by atoms with Gasteiger partial charge in [-0.05, 0) is 36.8 Å². The van der Waals surface area contributed by atoms with Gasteiger partial charge in [0.15, 0.2) is 11.4 Å². The molecule has 0 N–H and O–H groups in total. The molecule has 0 aliphatic carbocycles. The van der Waals surface area contributed by atoms with Gasteiger partial charge in [-0.3, -0.25) is 9.59 Å². The summed E-state index contributed by atoms with van der Waals surface area (Å²) in [4.78, 5) is 28.6. The van der Waals surface area contributed by atoms with Gasteiger partial charge in [0.2, 0.25) is 5.89 Å². The van der Waals surface area contributed by atoms with E-state index in [9.17, 15) is 9.59 Å². The molecule has 3 aromatic rings. The van der Waals surface area contributed by atoms with Crippen LogP contribution in [0.1, 0.15) is 30.1 Å². The third-order valence-electron chi connectivity index (χ3n) is 4.20. The van der Waals surface area contributed by atoms with Crippen molar-refractivity contribution in [2.75, 3.05) is 7.11 Å². The predicted molar refractivity (Wildman–Crippen MR) is 94.2 cm³/mol. The van der Waals surface area contributed by atoms with E-state index in [4.69, 9.17) is 4.42 Å². The van der Waals surface area contributed by atoms with E-state index in [0.717, 1.165) is 5.56 Å². The number of ether oxygens (including phenoxy) is 1. The van der Waals surface area contributed by atoms with Crippen LogP contribution in [0, 0.1) is 5.92 Å². The lowest BCUT2D eigenvalue weighted by Crippen LogP contribution is -2.18. The normalized spacial score (nSPS) is 12.1. The summed E-state index contributed by atoms with van der Waals surface area (Å²) < 4.78 is 10.5. The van der Waals surface area contributed by atoms with Crippen molar-refractivity contribution in [3.8, 4) is 11.5 Å². The SMILES string of the molecule is CCC(CC(=O)OC)C(=O)c1ccc2nc(-c3ccccc3)oc2c1. The number of carbonyl (C=O) groups excluding carboxylic acids is 2. The van der Waals surface area contributed by atoms with Gasteiger partial charge in [0.25, 0.3) is 0 Å². The Labute approximate surface area is 145 Å². The lowest BCUT2D eigenvalue weighted by atomic mass is 9.92. The predicted octanol–water partition coefficient (Wildman–Crippen LogP) is 4.27. The third-order valence-corrected chi connectivity index (χ3v) is 4.20. The Morgan fingerprint density at radius 1 is 1.16 bits per heavy atom. The van der Waals surface area contributed by atoms with E-state index < -0.39 is 5.92 Å². The zero-order chi connectivity index (χ0) is 17.8. The standard InChI is InChI=1S/C20H19NO4/c1-3-13(12-18(22)24-2)19(23)15-9-10-16-17(11-15)25-20(21-16)14-7-5-4-6-8-14/h4-11,13H,3,12H2,1-2H3. The molecular formula is C20H19NO4. The molecule has 5 heteroatoms. The summed E-state index contributed by atoms with van der Waals surface area (Å²) in [6, 6.07) is 14.8. The Hall–Kier alpha value is -2.95. The van der Waals surface area contributed by atoms with Crippen molar-refractivity contribution in [1.29, 1.82) is 0 Å². The highest BCUT2D eigenvalue weighted by atomic mass is 16.5. The Balaban J connectivity index is 1.90. The molecule has 0 fully saturated rings. The van der Waals surface area contributed by atoms with Crippen LogP contribution >= 0.6 is 0 Å². The lowest BCUT2D eigenvalue weighted by molar-refractivity contribution is -0.141. The molecule has 1 unspecified atom stereocenters. The van der Waals surface area contributed by atoms with Crippen LogP contribution in [0.5, 0.6) is 0 Å². The largest absolute Gasteiger partial charge is 0.469 e. The summed E-state index contributed by atoms with van der Waals surface area (Å²) in [7, 11) is 1.32. The molecule has 25 heavy (non-hydrogen) atoms. The minimum absolute atomic E-state index is 0.0789. The molecule has 0 spiro atoms. The molecule has 3 rings (SSSR count). The number of esters is 1. The van der Waals surface area contributed by atoms with Crippen LogP contribution in [-0.4, -0.2) is 23.8 Å². The third kappa shape index (κ3) is 3.60. The van der Waals surface area contributed by atoms with Crippen LogP contribution in [0.25, 0.3) is 22.6 Å². The van der Waals surface area contributed by atoms with Crippen LogP contribution in [0.4, 0.5) is 0 Å². The molecule has 128 valence electrons. The summed E-state index contributed by atoms with van der Waals surface area (Å²) in [5.74, 6) is -0.358. The number of methoxy groups -OCH3 is 1. The van der Waals surface area contributed by atoms with Crippen molar-refractivity contribution in [2.45, 2.75) is 19.8 Å². The number of aromatic nitrogens is 1. The van der Waals surface area contributed by atoms with Crippen LogP contribution in [0.15, 0.2) is 52.9 Å². The Bertz CT molecular complexity index is 898. The number of hydrogen-bond acceptors (Lipinski definition) is 5. The van der Waals surface area contributed by atoms with Gasteiger partial charge in [0.05, 0.1) is 13.5 Å². The van der Waals surface area contributed by atoms with E-state index in [2.05, 4.69) is 9.72 Å². The fourth-order valence-corrected chi connectivity index (χ4v) is 2.72. The first-order chi connectivity index (χ1) is 12.1. The summed E-state index contributed by atoms with van der Waals surface area (Å²) in [6.45, 7) is 1.88. The van der Waals surface area contributed by atoms with Gasteiger partial charge in [-0.15, -0.1) is 0 Å². The van der Waals surface area contributed by atoms with Crippen LogP contribution in [0.3, 0.4) is 0 Å². The number of oxazole rings is 1. The van der Waals surface area contributed by atoms with Crippen molar-refractivity contribution in [3.05, 3.63) is 54.1 Å². The van der Waals surface area contributed by atoms with Crippen molar-refractivity contribution in [1.82, 2.24) is 4.98 Å². The summed E-state index contributed by atoms with van der Waals surface area (Å²) in [5, 5.41) is 0. The molecule has 1 heterocycles. The van der Waals surface area contributed by atoms with Crippen molar-refractivity contribution in [2.24, 2.45) is 5.92 Å². The zero-order valence-corrected chi connectivity index (χ0v) is 14.2. The number of fused-ring (bicyclic) bond motifs is 1. The highest BCUT2D eigenvalue weighted by molar-refractivity contribution is 6.01. The van der Waals surface area contributed by atoms with Gasteiger partial charge in [-0.1, -0.05) is 25.1 Å². The van der Waals surface area contributed by atoms with Gasteiger partial charge >= 0.3 is 5.97 Å². The van der Waals surface area contributed by atoms with Crippen molar-refractivity contribution < 1.29 is 18.7 Å². The van der Waals surface area contributed by atoms with E-state index >= 15 is 0 Å². The Kier molecular flexibility index (Phi) is 4.93. The van der Waals surface area contributed by atoms with E-state index in [1.807, 2.05) is 37.3 Å². The topological polar surface area (TPSA) is 69.4 Å². The minimum Gasteiger partial charge on any atom is -0.469 e. The maximum atomic E-state index is 12.7. The van der Waals surface area contributed by atoms with Gasteiger partial charge < -0.3 is 9.15 Å². The highest BCUT2D eigenvalue weighted by Crippen LogP contribution is 2.26. The minimum atomic E-state index is -0.401. The number of carbonyl (C=O) groups is 2. The smallest absolute Gasteiger partial charge is 0.306 e. The number of nitrogens with zero attached hydrogens (tertiary/aromatic N) is 1. The molecule has 2 aromatic carbocycles. The number of rotatable bonds is 6. The molecular weight excluding hydrogens is 318 g/mol. The highest BCUT2D eigenvalue weighted by Gasteiger charge is 2.22. The molecule has 0 aliphatic heterocycles. The van der Waals surface area contributed by atoms with E-state index in [1.165, 1.54) is 7.11 Å². The monoisotopic (exact) mass is 337 g/mol. The summed E-state index contributed by atoms with van der Waals surface area (Å²) in [5.41, 5.74) is 2.64. The second-order valence-corrected chi connectivity index (χ2v) is 5.82. The van der Waals surface area contributed by atoms with Gasteiger partial charge in [-0.25, -0.2) is 4.98 Å². The molecule has 0 saturated heterocycles. The molecule has 1 aromatic heterocycles. The first-order valence-corrected chi connectivity index (χ1v) is 8.19. The fraction of sp³-hybridized carbons (Fsp3) is 0.250. The van der Waals surface area contributed by atoms with Crippen LogP contribution < -0.4 is 0 Å². The number of ketones is 1. The first-order valence-electron chi connectivity index (χ1n) is 8.19. The molecule has 0 saturated carbocycles. The Morgan fingerprint density at radius 3 is 2.60 bits per heavy atom. The maximum absolute atomic E-state index is 12.7. The maximum Gasteiger partial charge on any atom is 0.306 e. The molecule has 0 aliphatic rings. The van der Waals surface area contributed by atoms with Gasteiger partial charge in [-0.2, -0.15) is 0 Å². The zero-order valence-electron chi connectivity index (χ0n) is 14.2. The fourth-order valence-electron chi connectivity index (χ4n) is 2.72. The van der Waals surface area contributed by atoms with Crippen molar-refractivity contribution >= 4 is 22.9 Å². The lowest BCUT2D eigenvalue weighted by Gasteiger charge is -2.12. The van der Waals surface area contributed by atoms with E-state index in [0.29, 0.717) is 29.0 Å². The quantitative estimate of drug-likeness (QED) is 0.496. The summed E-state index contributed by atoms with van der Waals surface area (Å²) >= 11 is 0. The molecule has 0 radical (unpaired) electrons. The number of Topliss-reactive ketones (excluding diaryl/α,β-unsaturated/α-hetero) is 1. The molecule has 1 atom stereocenters. The van der Waals surface area contributed by atoms with Gasteiger partial charge in [0.1, 0.15) is 5.52 Å². The second kappa shape index (κ2) is 7.30. The van der Waals surface area contributed by atoms with Gasteiger partial charge in [0, 0.05) is 17.0 Å². The number of hydrogen-bond donors (Lipinski definition) is 0. The first kappa shape index (κ1) is 16.9. The average molecular weight is 337 g/mol. The van der Waals surface area contributed by atoms with Crippen LogP contribution in [0.2, 0.25) is 0 Å².